The maximum absolute atomic E-state index is 13.5. The van der Waals surface area contributed by atoms with Crippen LogP contribution in [0.3, 0.4) is 0 Å². The van der Waals surface area contributed by atoms with E-state index in [0.29, 0.717) is 13.0 Å². The molecule has 5 rings (SSSR count). The van der Waals surface area contributed by atoms with Crippen molar-refractivity contribution in [3.05, 3.63) is 64.2 Å². The lowest BCUT2D eigenvalue weighted by Crippen LogP contribution is -2.61. The standard InChI is InChI=1S/C25H30N4O4/c30-25(27-10-4-5-11-27)22-17-19-16-20(29(31)32)8-9-23(19)28-13-12-26(18-24(22)28)14-15-33-21-6-2-1-3-7-21/h1-3,6-9,16,22,24H,4-5,10-15,17-18H2/t22-,24-/m1/s1. The Morgan fingerprint density at radius 1 is 1.06 bits per heavy atom. The molecule has 2 aromatic carbocycles. The van der Waals surface area contributed by atoms with Gasteiger partial charge in [-0.3, -0.25) is 19.8 Å². The Hall–Kier alpha value is -3.13. The molecule has 0 bridgehead atoms. The first-order valence-electron chi connectivity index (χ1n) is 11.8. The molecule has 2 saturated heterocycles. The van der Waals surface area contributed by atoms with Crippen LogP contribution in [0.15, 0.2) is 48.5 Å². The number of carbonyl (C=O) groups excluding carboxylic acids is 1. The molecule has 0 aromatic heterocycles. The minimum Gasteiger partial charge on any atom is -0.492 e. The van der Waals surface area contributed by atoms with Crippen LogP contribution in [0.4, 0.5) is 11.4 Å². The van der Waals surface area contributed by atoms with Gasteiger partial charge in [-0.2, -0.15) is 0 Å². The number of nitro benzene ring substituents is 1. The largest absolute Gasteiger partial charge is 0.492 e. The van der Waals surface area contributed by atoms with Crippen LogP contribution in [0.1, 0.15) is 18.4 Å². The second-order valence-corrected chi connectivity index (χ2v) is 9.14. The summed E-state index contributed by atoms with van der Waals surface area (Å²) in [4.78, 5) is 31.2. The van der Waals surface area contributed by atoms with E-state index >= 15 is 0 Å². The molecule has 1 amide bonds. The van der Waals surface area contributed by atoms with Gasteiger partial charge in [0.15, 0.2) is 0 Å². The number of hydrogen-bond donors (Lipinski definition) is 0. The minimum absolute atomic E-state index is 0.0672. The van der Waals surface area contributed by atoms with Crippen molar-refractivity contribution in [3.63, 3.8) is 0 Å². The zero-order valence-electron chi connectivity index (χ0n) is 18.8. The lowest BCUT2D eigenvalue weighted by molar-refractivity contribution is -0.384. The molecule has 2 aromatic rings. The Labute approximate surface area is 193 Å². The summed E-state index contributed by atoms with van der Waals surface area (Å²) in [5.74, 6) is 0.879. The fourth-order valence-corrected chi connectivity index (χ4v) is 5.45. The SMILES string of the molecule is O=C([C@@H]1Cc2cc([N+](=O)[O-])ccc2N2CCN(CCOc3ccccc3)C[C@H]12)N1CCCC1. The van der Waals surface area contributed by atoms with Gasteiger partial charge in [0.05, 0.1) is 16.9 Å². The number of fused-ring (bicyclic) bond motifs is 3. The normalized spacial score (nSPS) is 22.5. The van der Waals surface area contributed by atoms with Crippen molar-refractivity contribution >= 4 is 17.3 Å². The number of nitro groups is 1. The van der Waals surface area contributed by atoms with Crippen LogP contribution in [0.2, 0.25) is 0 Å². The number of nitrogens with zero attached hydrogens (tertiary/aromatic N) is 4. The fourth-order valence-electron chi connectivity index (χ4n) is 5.45. The summed E-state index contributed by atoms with van der Waals surface area (Å²) < 4.78 is 5.90. The lowest BCUT2D eigenvalue weighted by atomic mass is 9.83. The Balaban J connectivity index is 1.34. The molecule has 3 heterocycles. The third kappa shape index (κ3) is 4.53. The molecule has 0 spiro atoms. The molecule has 0 unspecified atom stereocenters. The molecular formula is C25H30N4O4. The van der Waals surface area contributed by atoms with Crippen molar-refractivity contribution in [3.8, 4) is 5.75 Å². The first kappa shape index (κ1) is 21.7. The summed E-state index contributed by atoms with van der Waals surface area (Å²) in [6, 6.07) is 15.0. The number of benzene rings is 2. The van der Waals surface area contributed by atoms with E-state index in [2.05, 4.69) is 9.80 Å². The Bertz CT molecular complexity index is 1010. The highest BCUT2D eigenvalue weighted by atomic mass is 16.6. The summed E-state index contributed by atoms with van der Waals surface area (Å²) in [6.45, 7) is 5.50. The van der Waals surface area contributed by atoms with Gasteiger partial charge in [0, 0.05) is 57.1 Å². The van der Waals surface area contributed by atoms with Gasteiger partial charge in [0.1, 0.15) is 12.4 Å². The van der Waals surface area contributed by atoms with Crippen LogP contribution in [0.25, 0.3) is 0 Å². The van der Waals surface area contributed by atoms with E-state index in [-0.39, 0.29) is 28.5 Å². The maximum atomic E-state index is 13.5. The molecule has 0 saturated carbocycles. The molecule has 0 aliphatic carbocycles. The number of ether oxygens (including phenoxy) is 1. The number of para-hydroxylation sites is 1. The van der Waals surface area contributed by atoms with E-state index in [1.54, 1.807) is 12.1 Å². The van der Waals surface area contributed by atoms with Crippen molar-refractivity contribution in [1.82, 2.24) is 9.80 Å². The highest BCUT2D eigenvalue weighted by Crippen LogP contribution is 2.38. The molecule has 8 heteroatoms. The summed E-state index contributed by atoms with van der Waals surface area (Å²) in [5, 5.41) is 11.3. The van der Waals surface area contributed by atoms with Gasteiger partial charge in [-0.05, 0) is 43.0 Å². The number of likely N-dealkylation sites (tertiary alicyclic amines) is 1. The van der Waals surface area contributed by atoms with Crippen molar-refractivity contribution in [2.45, 2.75) is 25.3 Å². The van der Waals surface area contributed by atoms with Crippen molar-refractivity contribution < 1.29 is 14.5 Å². The summed E-state index contributed by atoms with van der Waals surface area (Å²) in [7, 11) is 0. The van der Waals surface area contributed by atoms with E-state index in [9.17, 15) is 14.9 Å². The molecule has 33 heavy (non-hydrogen) atoms. The molecule has 2 fully saturated rings. The number of hydrogen-bond acceptors (Lipinski definition) is 6. The number of carbonyl (C=O) groups is 1. The summed E-state index contributed by atoms with van der Waals surface area (Å²) >= 11 is 0. The van der Waals surface area contributed by atoms with Gasteiger partial charge in [0.2, 0.25) is 5.91 Å². The summed E-state index contributed by atoms with van der Waals surface area (Å²) in [5.41, 5.74) is 2.05. The maximum Gasteiger partial charge on any atom is 0.269 e. The van der Waals surface area contributed by atoms with E-state index in [1.165, 1.54) is 0 Å². The van der Waals surface area contributed by atoms with Gasteiger partial charge in [0.25, 0.3) is 5.69 Å². The topological polar surface area (TPSA) is 79.2 Å². The number of rotatable bonds is 6. The quantitative estimate of drug-likeness (QED) is 0.497. The molecular weight excluding hydrogens is 420 g/mol. The van der Waals surface area contributed by atoms with Crippen molar-refractivity contribution in [2.24, 2.45) is 5.92 Å². The van der Waals surface area contributed by atoms with E-state index in [1.807, 2.05) is 41.3 Å². The number of piperazine rings is 1. The first-order chi connectivity index (χ1) is 16.1. The van der Waals surface area contributed by atoms with Crippen molar-refractivity contribution in [1.29, 1.82) is 0 Å². The van der Waals surface area contributed by atoms with Gasteiger partial charge in [-0.1, -0.05) is 18.2 Å². The predicted molar refractivity (Wildman–Crippen MR) is 126 cm³/mol. The molecule has 3 aliphatic heterocycles. The smallest absolute Gasteiger partial charge is 0.269 e. The van der Waals surface area contributed by atoms with Crippen LogP contribution in [-0.2, 0) is 11.2 Å². The highest BCUT2D eigenvalue weighted by molar-refractivity contribution is 5.82. The Morgan fingerprint density at radius 3 is 2.61 bits per heavy atom. The second kappa shape index (κ2) is 9.39. The fraction of sp³-hybridized carbons (Fsp3) is 0.480. The van der Waals surface area contributed by atoms with Crippen LogP contribution in [0, 0.1) is 16.0 Å². The third-order valence-corrected chi connectivity index (χ3v) is 7.14. The number of non-ortho nitro benzene ring substituents is 1. The third-order valence-electron chi connectivity index (χ3n) is 7.14. The average Bonchev–Trinajstić information content (AvgIpc) is 3.38. The molecule has 0 N–H and O–H groups in total. The predicted octanol–water partition coefficient (Wildman–Crippen LogP) is 2.96. The monoisotopic (exact) mass is 450 g/mol. The van der Waals surface area contributed by atoms with Crippen LogP contribution in [-0.4, -0.2) is 72.5 Å². The Morgan fingerprint density at radius 2 is 1.85 bits per heavy atom. The second-order valence-electron chi connectivity index (χ2n) is 9.14. The Kier molecular flexibility index (Phi) is 6.17. The van der Waals surface area contributed by atoms with Crippen LogP contribution >= 0.6 is 0 Å². The number of amides is 1. The molecule has 2 atom stereocenters. The van der Waals surface area contributed by atoms with Crippen molar-refractivity contribution in [2.75, 3.05) is 50.8 Å². The lowest BCUT2D eigenvalue weighted by Gasteiger charge is -2.49. The van der Waals surface area contributed by atoms with E-state index < -0.39 is 0 Å². The minimum atomic E-state index is -0.353. The zero-order valence-corrected chi connectivity index (χ0v) is 18.8. The van der Waals surface area contributed by atoms with Gasteiger partial charge in [-0.25, -0.2) is 0 Å². The zero-order chi connectivity index (χ0) is 22.8. The van der Waals surface area contributed by atoms with Crippen LogP contribution in [0.5, 0.6) is 5.75 Å². The van der Waals surface area contributed by atoms with E-state index in [4.69, 9.17) is 4.74 Å². The highest BCUT2D eigenvalue weighted by Gasteiger charge is 2.43. The molecule has 0 radical (unpaired) electrons. The van der Waals surface area contributed by atoms with Gasteiger partial charge < -0.3 is 14.5 Å². The van der Waals surface area contributed by atoms with Crippen LogP contribution < -0.4 is 9.64 Å². The molecule has 8 nitrogen and oxygen atoms in total. The number of anilines is 1. The van der Waals surface area contributed by atoms with Gasteiger partial charge >= 0.3 is 0 Å². The summed E-state index contributed by atoms with van der Waals surface area (Å²) in [6.07, 6.45) is 2.66. The first-order valence-corrected chi connectivity index (χ1v) is 11.8. The molecule has 3 aliphatic rings. The van der Waals surface area contributed by atoms with Gasteiger partial charge in [-0.15, -0.1) is 0 Å². The van der Waals surface area contributed by atoms with E-state index in [0.717, 1.165) is 69.1 Å². The average molecular weight is 451 g/mol. The molecule has 174 valence electrons.